The number of nitrogens with one attached hydrogen (secondary N) is 1. The molecule has 1 fully saturated rings. The van der Waals surface area contributed by atoms with Crippen molar-refractivity contribution in [3.05, 3.63) is 54.1 Å². The average molecular weight is 337 g/mol. The first-order chi connectivity index (χ1) is 12.2. The van der Waals surface area contributed by atoms with Gasteiger partial charge >= 0.3 is 6.09 Å². The minimum Gasteiger partial charge on any atom is -0.495 e. The van der Waals surface area contributed by atoms with Crippen molar-refractivity contribution in [2.75, 3.05) is 19.0 Å². The molecule has 4 rings (SSSR count). The fraction of sp³-hybridized carbons (Fsp3) is 0.263. The minimum absolute atomic E-state index is 0.330. The van der Waals surface area contributed by atoms with Gasteiger partial charge in [-0.05, 0) is 23.8 Å². The Morgan fingerprint density at radius 2 is 2.00 bits per heavy atom. The molecule has 2 aromatic rings. The maximum Gasteiger partial charge on any atom is 0.412 e. The lowest BCUT2D eigenvalue weighted by atomic mass is 10.1. The summed E-state index contributed by atoms with van der Waals surface area (Å²) in [5.41, 5.74) is 2.74. The van der Waals surface area contributed by atoms with E-state index < -0.39 is 6.09 Å². The van der Waals surface area contributed by atoms with Crippen LogP contribution in [0.1, 0.15) is 12.0 Å². The van der Waals surface area contributed by atoms with Gasteiger partial charge in [0.25, 0.3) is 0 Å². The first-order valence-corrected chi connectivity index (χ1v) is 8.26. The maximum absolute atomic E-state index is 12.3. The highest BCUT2D eigenvalue weighted by atomic mass is 16.6. The van der Waals surface area contributed by atoms with Gasteiger partial charge in [-0.1, -0.05) is 30.3 Å². The predicted molar refractivity (Wildman–Crippen MR) is 95.4 cm³/mol. The molecule has 0 saturated carbocycles. The van der Waals surface area contributed by atoms with E-state index in [0.29, 0.717) is 11.4 Å². The van der Waals surface area contributed by atoms with Crippen molar-refractivity contribution >= 4 is 23.3 Å². The van der Waals surface area contributed by atoms with Crippen LogP contribution in [-0.4, -0.2) is 36.6 Å². The number of carbonyl (C=O) groups excluding carboxylic acids is 1. The predicted octanol–water partition coefficient (Wildman–Crippen LogP) is 3.56. The zero-order valence-electron chi connectivity index (χ0n) is 13.9. The lowest BCUT2D eigenvalue weighted by molar-refractivity contribution is 0.143. The summed E-state index contributed by atoms with van der Waals surface area (Å²) in [5, 5.41) is 2.74. The Bertz CT molecular complexity index is 834. The summed E-state index contributed by atoms with van der Waals surface area (Å²) in [6, 6.07) is 15.3. The summed E-state index contributed by atoms with van der Waals surface area (Å²) in [6.45, 7) is 1.64. The molecule has 0 bridgehead atoms. The molecule has 25 heavy (non-hydrogen) atoms. The van der Waals surface area contributed by atoms with Crippen LogP contribution in [0.15, 0.2) is 53.5 Å². The van der Waals surface area contributed by atoms with Crippen LogP contribution >= 0.6 is 0 Å². The maximum atomic E-state index is 12.3. The smallest absolute Gasteiger partial charge is 0.412 e. The van der Waals surface area contributed by atoms with Crippen LogP contribution < -0.4 is 10.1 Å². The van der Waals surface area contributed by atoms with Crippen LogP contribution in [-0.2, 0) is 11.3 Å². The van der Waals surface area contributed by atoms with Crippen LogP contribution in [0.5, 0.6) is 5.75 Å². The van der Waals surface area contributed by atoms with Gasteiger partial charge in [0.2, 0.25) is 0 Å². The van der Waals surface area contributed by atoms with E-state index in [9.17, 15) is 4.79 Å². The second-order valence-corrected chi connectivity index (χ2v) is 6.03. The van der Waals surface area contributed by atoms with Gasteiger partial charge < -0.3 is 14.4 Å². The molecule has 1 amide bonds. The second kappa shape index (κ2) is 6.47. The Morgan fingerprint density at radius 3 is 2.88 bits per heavy atom. The monoisotopic (exact) mass is 337 g/mol. The van der Waals surface area contributed by atoms with E-state index in [1.165, 1.54) is 5.56 Å². The van der Waals surface area contributed by atoms with E-state index in [0.717, 1.165) is 31.0 Å². The number of rotatable bonds is 3. The summed E-state index contributed by atoms with van der Waals surface area (Å²) in [5.74, 6) is 1.42. The van der Waals surface area contributed by atoms with Crippen LogP contribution in [0.4, 0.5) is 16.2 Å². The van der Waals surface area contributed by atoms with Crippen LogP contribution in [0.25, 0.3) is 0 Å². The molecule has 0 aliphatic carbocycles. The van der Waals surface area contributed by atoms with E-state index in [1.807, 2.05) is 30.3 Å². The molecular weight excluding hydrogens is 318 g/mol. The summed E-state index contributed by atoms with van der Waals surface area (Å²) in [6.07, 6.45) is -0.0902. The number of para-hydroxylation sites is 3. The zero-order chi connectivity index (χ0) is 17.2. The number of carbonyl (C=O) groups is 1. The van der Waals surface area contributed by atoms with Gasteiger partial charge in [-0.15, -0.1) is 0 Å². The summed E-state index contributed by atoms with van der Waals surface area (Å²) in [4.78, 5) is 19.2. The Hall–Kier alpha value is -3.02. The molecule has 0 aromatic heterocycles. The van der Waals surface area contributed by atoms with Gasteiger partial charge in [0.1, 0.15) is 11.6 Å². The number of aliphatic imine (C=N–C) groups is 1. The molecule has 1 saturated heterocycles. The van der Waals surface area contributed by atoms with Crippen LogP contribution in [0, 0.1) is 0 Å². The molecule has 2 aliphatic rings. The van der Waals surface area contributed by atoms with Gasteiger partial charge in [0.05, 0.1) is 18.5 Å². The Balaban J connectivity index is 1.48. The van der Waals surface area contributed by atoms with Gasteiger partial charge in [-0.3, -0.25) is 5.32 Å². The molecule has 1 unspecified atom stereocenters. The van der Waals surface area contributed by atoms with Crippen molar-refractivity contribution in [3.63, 3.8) is 0 Å². The molecule has 2 aromatic carbocycles. The number of anilines is 1. The highest BCUT2D eigenvalue weighted by Crippen LogP contribution is 2.31. The summed E-state index contributed by atoms with van der Waals surface area (Å²) >= 11 is 0. The van der Waals surface area contributed by atoms with Gasteiger partial charge in [-0.25, -0.2) is 9.79 Å². The highest BCUT2D eigenvalue weighted by Gasteiger charge is 2.35. The van der Waals surface area contributed by atoms with Crippen molar-refractivity contribution in [3.8, 4) is 5.75 Å². The standard InChI is InChI=1S/C19H19N3O3/c1-24-16-9-5-4-8-15(16)21-19(23)25-17-10-11-22-12-13-6-2-3-7-14(13)20-18(17)22/h2-9,17H,10-12H2,1H3,(H,21,23). The molecule has 6 heteroatoms. The SMILES string of the molecule is COc1ccccc1NC(=O)OC1CCN2Cc3ccccc3N=C12. The lowest BCUT2D eigenvalue weighted by Crippen LogP contribution is -2.34. The lowest BCUT2D eigenvalue weighted by Gasteiger charge is -2.26. The number of fused-ring (bicyclic) bond motifs is 2. The fourth-order valence-electron chi connectivity index (χ4n) is 3.23. The molecule has 2 aliphatic heterocycles. The van der Waals surface area contributed by atoms with Crippen molar-refractivity contribution in [2.45, 2.75) is 19.1 Å². The molecule has 128 valence electrons. The van der Waals surface area contributed by atoms with Gasteiger partial charge in [-0.2, -0.15) is 0 Å². The highest BCUT2D eigenvalue weighted by molar-refractivity contribution is 5.95. The number of benzene rings is 2. The summed E-state index contributed by atoms with van der Waals surface area (Å²) < 4.78 is 10.9. The average Bonchev–Trinajstić information content (AvgIpc) is 3.02. The third kappa shape index (κ3) is 3.03. The zero-order valence-corrected chi connectivity index (χ0v) is 13.9. The van der Waals surface area contributed by atoms with Gasteiger partial charge in [0, 0.05) is 19.5 Å². The van der Waals surface area contributed by atoms with Crippen molar-refractivity contribution < 1.29 is 14.3 Å². The first-order valence-electron chi connectivity index (χ1n) is 8.26. The third-order valence-electron chi connectivity index (χ3n) is 4.45. The number of nitrogens with zero attached hydrogens (tertiary/aromatic N) is 2. The van der Waals surface area contributed by atoms with E-state index in [4.69, 9.17) is 14.5 Å². The second-order valence-electron chi connectivity index (χ2n) is 6.03. The summed E-state index contributed by atoms with van der Waals surface area (Å²) in [7, 11) is 1.56. The topological polar surface area (TPSA) is 63.2 Å². The molecule has 1 N–H and O–H groups in total. The molecule has 6 nitrogen and oxygen atoms in total. The fourth-order valence-corrected chi connectivity index (χ4v) is 3.23. The molecule has 0 spiro atoms. The number of ether oxygens (including phenoxy) is 2. The molecular formula is C19H19N3O3. The van der Waals surface area contributed by atoms with Crippen LogP contribution in [0.3, 0.4) is 0 Å². The first kappa shape index (κ1) is 15.5. The van der Waals surface area contributed by atoms with E-state index in [1.54, 1.807) is 19.2 Å². The van der Waals surface area contributed by atoms with Crippen LogP contribution in [0.2, 0.25) is 0 Å². The number of hydrogen-bond donors (Lipinski definition) is 1. The number of hydrogen-bond acceptors (Lipinski definition) is 5. The van der Waals surface area contributed by atoms with E-state index in [2.05, 4.69) is 16.3 Å². The normalized spacial score (nSPS) is 18.0. The minimum atomic E-state index is -0.502. The number of amides is 1. The number of amidine groups is 1. The van der Waals surface area contributed by atoms with Gasteiger partial charge in [0.15, 0.2) is 6.10 Å². The van der Waals surface area contributed by atoms with E-state index in [-0.39, 0.29) is 6.10 Å². The largest absolute Gasteiger partial charge is 0.495 e. The number of methoxy groups -OCH3 is 1. The molecule has 2 heterocycles. The van der Waals surface area contributed by atoms with Crippen molar-refractivity contribution in [1.82, 2.24) is 4.90 Å². The molecule has 1 atom stereocenters. The Labute approximate surface area is 146 Å². The quantitative estimate of drug-likeness (QED) is 0.930. The van der Waals surface area contributed by atoms with Crippen molar-refractivity contribution in [1.29, 1.82) is 0 Å². The Kier molecular flexibility index (Phi) is 4.01. The molecule has 0 radical (unpaired) electrons. The van der Waals surface area contributed by atoms with E-state index >= 15 is 0 Å². The third-order valence-corrected chi connectivity index (χ3v) is 4.45. The van der Waals surface area contributed by atoms with Crippen molar-refractivity contribution in [2.24, 2.45) is 4.99 Å². The Morgan fingerprint density at radius 1 is 1.20 bits per heavy atom.